The maximum absolute atomic E-state index is 10.9. The lowest BCUT2D eigenvalue weighted by Crippen LogP contribution is -2.16. The van der Waals surface area contributed by atoms with E-state index in [1.165, 1.54) is 7.11 Å². The lowest BCUT2D eigenvalue weighted by molar-refractivity contribution is 0.171. The molecule has 0 aliphatic rings. The van der Waals surface area contributed by atoms with Gasteiger partial charge in [0, 0.05) is 29.2 Å². The molecule has 0 aliphatic carbocycles. The largest absolute Gasteiger partial charge is 0.452 e. The van der Waals surface area contributed by atoms with Crippen LogP contribution in [0.4, 0.5) is 4.79 Å². The number of fused-ring (bicyclic) bond motifs is 1. The summed E-state index contributed by atoms with van der Waals surface area (Å²) in [5.41, 5.74) is 5.49. The van der Waals surface area contributed by atoms with Crippen molar-refractivity contribution >= 4 is 23.2 Å². The van der Waals surface area contributed by atoms with Crippen molar-refractivity contribution in [3.63, 3.8) is 0 Å². The molecule has 5 heteroatoms. The molecule has 0 aliphatic heterocycles. The summed E-state index contributed by atoms with van der Waals surface area (Å²) in [5, 5.41) is 4.98. The number of benzene rings is 1. The molecule has 1 aromatic carbocycles. The van der Waals surface area contributed by atoms with Crippen molar-refractivity contribution in [2.45, 2.75) is 6.92 Å². The van der Waals surface area contributed by atoms with Gasteiger partial charge >= 0.3 is 6.09 Å². The van der Waals surface area contributed by atoms with Gasteiger partial charge < -0.3 is 9.30 Å². The fourth-order valence-corrected chi connectivity index (χ4v) is 1.91. The average Bonchev–Trinajstić information content (AvgIpc) is 2.64. The fourth-order valence-electron chi connectivity index (χ4n) is 1.91. The van der Waals surface area contributed by atoms with Crippen molar-refractivity contribution in [1.82, 2.24) is 9.99 Å². The molecule has 18 heavy (non-hydrogen) atoms. The number of hydrogen-bond acceptors (Lipinski definition) is 3. The van der Waals surface area contributed by atoms with Crippen molar-refractivity contribution in [2.24, 2.45) is 12.1 Å². The number of nitrogens with one attached hydrogen (secondary N) is 1. The maximum Gasteiger partial charge on any atom is 0.427 e. The van der Waals surface area contributed by atoms with Gasteiger partial charge in [-0.1, -0.05) is 18.2 Å². The Balaban J connectivity index is 2.39. The van der Waals surface area contributed by atoms with Crippen LogP contribution in [0.25, 0.3) is 10.9 Å². The van der Waals surface area contributed by atoms with Crippen LogP contribution in [0.2, 0.25) is 0 Å². The summed E-state index contributed by atoms with van der Waals surface area (Å²) in [5.74, 6) is 0. The highest BCUT2D eigenvalue weighted by Gasteiger charge is 2.09. The molecule has 0 radical (unpaired) electrons. The Morgan fingerprint density at radius 3 is 2.89 bits per heavy atom. The predicted octanol–water partition coefficient (Wildman–Crippen LogP) is 2.18. The molecule has 0 fully saturated rings. The van der Waals surface area contributed by atoms with Crippen LogP contribution in [-0.2, 0) is 11.8 Å². The van der Waals surface area contributed by atoms with Crippen LogP contribution in [0.15, 0.2) is 29.4 Å². The van der Waals surface area contributed by atoms with Crippen LogP contribution in [0, 0.1) is 6.92 Å². The molecular weight excluding hydrogens is 230 g/mol. The van der Waals surface area contributed by atoms with Gasteiger partial charge in [-0.25, -0.2) is 10.2 Å². The van der Waals surface area contributed by atoms with Gasteiger partial charge in [0.05, 0.1) is 13.3 Å². The molecular formula is C13H15N3O2. The smallest absolute Gasteiger partial charge is 0.427 e. The minimum Gasteiger partial charge on any atom is -0.452 e. The van der Waals surface area contributed by atoms with Crippen molar-refractivity contribution in [3.8, 4) is 0 Å². The van der Waals surface area contributed by atoms with Gasteiger partial charge in [-0.2, -0.15) is 5.10 Å². The molecule has 0 unspecified atom stereocenters. The maximum atomic E-state index is 10.9. The first kappa shape index (κ1) is 12.2. The van der Waals surface area contributed by atoms with E-state index in [2.05, 4.69) is 19.8 Å². The minimum atomic E-state index is -0.580. The molecule has 0 bridgehead atoms. The Labute approximate surface area is 105 Å². The third kappa shape index (κ3) is 2.07. The van der Waals surface area contributed by atoms with E-state index in [4.69, 9.17) is 0 Å². The normalized spacial score (nSPS) is 11.1. The SMILES string of the molecule is COC(=O)NN=Cc1c(C)n(C)c2ccccc12. The predicted molar refractivity (Wildman–Crippen MR) is 70.8 cm³/mol. The molecule has 0 saturated carbocycles. The van der Waals surface area contributed by atoms with Crippen LogP contribution in [0.3, 0.4) is 0 Å². The van der Waals surface area contributed by atoms with Gasteiger partial charge in [-0.15, -0.1) is 0 Å². The number of hydrogen-bond donors (Lipinski definition) is 1. The van der Waals surface area contributed by atoms with E-state index < -0.39 is 6.09 Å². The summed E-state index contributed by atoms with van der Waals surface area (Å²) < 4.78 is 6.53. The summed E-state index contributed by atoms with van der Waals surface area (Å²) in [4.78, 5) is 10.9. The first-order valence-corrected chi connectivity index (χ1v) is 5.56. The van der Waals surface area contributed by atoms with E-state index >= 15 is 0 Å². The Kier molecular flexibility index (Phi) is 3.32. The van der Waals surface area contributed by atoms with E-state index in [-0.39, 0.29) is 0 Å². The number of para-hydroxylation sites is 1. The highest BCUT2D eigenvalue weighted by atomic mass is 16.5. The van der Waals surface area contributed by atoms with Gasteiger partial charge in [-0.05, 0) is 13.0 Å². The van der Waals surface area contributed by atoms with Crippen LogP contribution in [0.5, 0.6) is 0 Å². The summed E-state index contributed by atoms with van der Waals surface area (Å²) in [7, 11) is 3.30. The molecule has 94 valence electrons. The van der Waals surface area contributed by atoms with Gasteiger partial charge in [0.1, 0.15) is 0 Å². The highest BCUT2D eigenvalue weighted by Crippen LogP contribution is 2.22. The molecule has 2 rings (SSSR count). The van der Waals surface area contributed by atoms with Crippen LogP contribution in [0.1, 0.15) is 11.3 Å². The zero-order valence-corrected chi connectivity index (χ0v) is 10.6. The lowest BCUT2D eigenvalue weighted by Gasteiger charge is -1.98. The molecule has 0 spiro atoms. The molecule has 0 saturated heterocycles. The molecule has 5 nitrogen and oxygen atoms in total. The summed E-state index contributed by atoms with van der Waals surface area (Å²) in [6, 6.07) is 8.05. The first-order valence-electron chi connectivity index (χ1n) is 5.56. The molecule has 1 aromatic heterocycles. The second-order valence-corrected chi connectivity index (χ2v) is 3.94. The van der Waals surface area contributed by atoms with Crippen molar-refractivity contribution < 1.29 is 9.53 Å². The van der Waals surface area contributed by atoms with E-state index in [1.807, 2.05) is 38.2 Å². The Morgan fingerprint density at radius 2 is 2.17 bits per heavy atom. The van der Waals surface area contributed by atoms with E-state index in [0.29, 0.717) is 0 Å². The number of carbonyl (C=O) groups excluding carboxylic acids is 1. The number of rotatable bonds is 2. The molecule has 0 atom stereocenters. The summed E-state index contributed by atoms with van der Waals surface area (Å²) >= 11 is 0. The quantitative estimate of drug-likeness (QED) is 0.651. The van der Waals surface area contributed by atoms with Crippen molar-refractivity contribution in [3.05, 3.63) is 35.5 Å². The average molecular weight is 245 g/mol. The number of amides is 1. The van der Waals surface area contributed by atoms with E-state index in [0.717, 1.165) is 22.2 Å². The highest BCUT2D eigenvalue weighted by molar-refractivity contribution is 6.01. The second-order valence-electron chi connectivity index (χ2n) is 3.94. The first-order chi connectivity index (χ1) is 8.65. The van der Waals surface area contributed by atoms with Gasteiger partial charge in [0.25, 0.3) is 0 Å². The van der Waals surface area contributed by atoms with Crippen LogP contribution < -0.4 is 5.43 Å². The number of aryl methyl sites for hydroxylation is 1. The van der Waals surface area contributed by atoms with Gasteiger partial charge in [0.15, 0.2) is 0 Å². The fraction of sp³-hybridized carbons (Fsp3) is 0.231. The molecule has 2 aromatic rings. The summed E-state index contributed by atoms with van der Waals surface area (Å²) in [6.45, 7) is 2.01. The Bertz CT molecular complexity index is 614. The van der Waals surface area contributed by atoms with Gasteiger partial charge in [-0.3, -0.25) is 0 Å². The van der Waals surface area contributed by atoms with Crippen molar-refractivity contribution in [1.29, 1.82) is 0 Å². The number of carbonyl (C=O) groups is 1. The number of aromatic nitrogens is 1. The Hall–Kier alpha value is -2.30. The zero-order valence-electron chi connectivity index (χ0n) is 10.6. The molecule has 1 amide bonds. The summed E-state index contributed by atoms with van der Waals surface area (Å²) in [6.07, 6.45) is 1.05. The third-order valence-electron chi connectivity index (χ3n) is 2.98. The zero-order chi connectivity index (χ0) is 13.1. The van der Waals surface area contributed by atoms with E-state index in [1.54, 1.807) is 6.21 Å². The second kappa shape index (κ2) is 4.91. The molecule has 1 N–H and O–H groups in total. The number of nitrogens with zero attached hydrogens (tertiary/aromatic N) is 2. The van der Waals surface area contributed by atoms with Gasteiger partial charge in [0.2, 0.25) is 0 Å². The van der Waals surface area contributed by atoms with Crippen LogP contribution >= 0.6 is 0 Å². The standard InChI is InChI=1S/C13H15N3O2/c1-9-11(8-14-15-13(17)18-3)10-6-4-5-7-12(10)16(9)2/h4-8H,1-3H3,(H,15,17). The number of ether oxygens (including phenoxy) is 1. The number of methoxy groups -OCH3 is 1. The minimum absolute atomic E-state index is 0.580. The number of hydrazone groups is 1. The lowest BCUT2D eigenvalue weighted by atomic mass is 10.1. The monoisotopic (exact) mass is 245 g/mol. The third-order valence-corrected chi connectivity index (χ3v) is 2.98. The topological polar surface area (TPSA) is 55.6 Å². The van der Waals surface area contributed by atoms with E-state index in [9.17, 15) is 4.79 Å². The molecule has 1 heterocycles. The van der Waals surface area contributed by atoms with Crippen LogP contribution in [-0.4, -0.2) is 24.0 Å². The Morgan fingerprint density at radius 1 is 1.44 bits per heavy atom. The van der Waals surface area contributed by atoms with Crippen molar-refractivity contribution in [2.75, 3.05) is 7.11 Å².